The van der Waals surface area contributed by atoms with E-state index in [-0.39, 0.29) is 11.5 Å². The third-order valence-corrected chi connectivity index (χ3v) is 6.50. The van der Waals surface area contributed by atoms with Crippen molar-refractivity contribution in [3.8, 4) is 0 Å². The van der Waals surface area contributed by atoms with E-state index in [1.807, 2.05) is 0 Å². The van der Waals surface area contributed by atoms with Gasteiger partial charge in [-0.2, -0.15) is 0 Å². The van der Waals surface area contributed by atoms with Crippen LogP contribution >= 0.6 is 10.8 Å². The SMILES string of the molecule is CCCCCCCCCCCCCCCC(=O)CSS(C)(=O)=O. The van der Waals surface area contributed by atoms with Gasteiger partial charge in [0.15, 0.2) is 8.87 Å². The van der Waals surface area contributed by atoms with Gasteiger partial charge in [0.2, 0.25) is 0 Å². The molecule has 0 aliphatic heterocycles. The Morgan fingerprint density at radius 1 is 0.739 bits per heavy atom. The summed E-state index contributed by atoms with van der Waals surface area (Å²) < 4.78 is 21.9. The summed E-state index contributed by atoms with van der Waals surface area (Å²) in [4.78, 5) is 11.5. The average molecular weight is 365 g/mol. The fourth-order valence-electron chi connectivity index (χ4n) is 2.58. The van der Waals surface area contributed by atoms with E-state index >= 15 is 0 Å². The molecule has 0 bridgehead atoms. The molecular formula is C18H36O3S2. The van der Waals surface area contributed by atoms with Crippen LogP contribution in [-0.4, -0.2) is 26.2 Å². The average Bonchev–Trinajstić information content (AvgIpc) is 2.49. The Kier molecular flexibility index (Phi) is 15.5. The third kappa shape index (κ3) is 19.9. The number of rotatable bonds is 17. The molecule has 0 spiro atoms. The molecule has 0 unspecified atom stereocenters. The summed E-state index contributed by atoms with van der Waals surface area (Å²) in [6.07, 6.45) is 18.4. The minimum Gasteiger partial charge on any atom is -0.299 e. The number of ketones is 1. The van der Waals surface area contributed by atoms with Crippen LogP contribution in [-0.2, 0) is 13.7 Å². The highest BCUT2D eigenvalue weighted by Crippen LogP contribution is 2.14. The summed E-state index contributed by atoms with van der Waals surface area (Å²) >= 11 is 0. The van der Waals surface area contributed by atoms with E-state index in [2.05, 4.69) is 6.92 Å². The number of hydrogen-bond donors (Lipinski definition) is 0. The van der Waals surface area contributed by atoms with Crippen LogP contribution in [0, 0.1) is 0 Å². The zero-order valence-corrected chi connectivity index (χ0v) is 16.8. The van der Waals surface area contributed by atoms with Crippen LogP contribution in [0.5, 0.6) is 0 Å². The second-order valence-electron chi connectivity index (χ2n) is 6.50. The van der Waals surface area contributed by atoms with Gasteiger partial charge < -0.3 is 0 Å². The molecule has 5 heteroatoms. The fourth-order valence-corrected chi connectivity index (χ4v) is 4.11. The molecular weight excluding hydrogens is 328 g/mol. The fraction of sp³-hybridized carbons (Fsp3) is 0.944. The highest BCUT2D eigenvalue weighted by Gasteiger charge is 2.08. The second kappa shape index (κ2) is 15.5. The first-order valence-corrected chi connectivity index (χ1v) is 12.7. The molecule has 0 amide bonds. The maximum absolute atomic E-state index is 11.5. The first-order chi connectivity index (χ1) is 11.0. The van der Waals surface area contributed by atoms with Gasteiger partial charge in [-0.25, -0.2) is 8.42 Å². The third-order valence-electron chi connectivity index (χ3n) is 3.99. The first kappa shape index (κ1) is 23.0. The smallest absolute Gasteiger partial charge is 0.199 e. The molecule has 0 atom stereocenters. The number of carbonyl (C=O) groups is 1. The summed E-state index contributed by atoms with van der Waals surface area (Å²) in [7, 11) is -2.33. The Balaban J connectivity index is 3.20. The molecule has 0 radical (unpaired) electrons. The van der Waals surface area contributed by atoms with Crippen LogP contribution in [0.15, 0.2) is 0 Å². The van der Waals surface area contributed by atoms with Crippen molar-refractivity contribution < 1.29 is 13.2 Å². The monoisotopic (exact) mass is 364 g/mol. The Bertz CT molecular complexity index is 378. The predicted molar refractivity (Wildman–Crippen MR) is 103 cm³/mol. The van der Waals surface area contributed by atoms with Crippen molar-refractivity contribution >= 4 is 25.4 Å². The van der Waals surface area contributed by atoms with Crippen molar-refractivity contribution in [2.45, 2.75) is 96.8 Å². The number of carbonyl (C=O) groups excluding carboxylic acids is 1. The van der Waals surface area contributed by atoms with Gasteiger partial charge in [-0.1, -0.05) is 84.0 Å². The molecule has 0 aromatic carbocycles. The van der Waals surface area contributed by atoms with Crippen LogP contribution in [0.25, 0.3) is 0 Å². The lowest BCUT2D eigenvalue weighted by molar-refractivity contribution is -0.116. The van der Waals surface area contributed by atoms with Gasteiger partial charge in [-0.3, -0.25) is 4.79 Å². The molecule has 0 N–H and O–H groups in total. The molecule has 3 nitrogen and oxygen atoms in total. The molecule has 0 aliphatic carbocycles. The molecule has 23 heavy (non-hydrogen) atoms. The van der Waals surface area contributed by atoms with Crippen molar-refractivity contribution in [2.24, 2.45) is 0 Å². The number of unbranched alkanes of at least 4 members (excludes halogenated alkanes) is 12. The number of Topliss-reactive ketones (excluding diaryl/α,β-unsaturated/α-hetero) is 1. The van der Waals surface area contributed by atoms with Crippen molar-refractivity contribution in [3.63, 3.8) is 0 Å². The normalized spacial score (nSPS) is 11.7. The molecule has 0 aliphatic rings. The number of hydrogen-bond acceptors (Lipinski definition) is 4. The van der Waals surface area contributed by atoms with Crippen LogP contribution in [0.1, 0.15) is 96.8 Å². The van der Waals surface area contributed by atoms with E-state index in [9.17, 15) is 13.2 Å². The van der Waals surface area contributed by atoms with E-state index in [1.165, 1.54) is 70.6 Å². The zero-order chi connectivity index (χ0) is 17.4. The van der Waals surface area contributed by atoms with E-state index in [1.54, 1.807) is 0 Å². The van der Waals surface area contributed by atoms with Gasteiger partial charge in [0.25, 0.3) is 0 Å². The van der Waals surface area contributed by atoms with Crippen LogP contribution in [0.2, 0.25) is 0 Å². The Hall–Kier alpha value is -0.0300. The molecule has 0 saturated carbocycles. The standard InChI is InChI=1S/C18H36O3S2/c1-3-4-5-6-7-8-9-10-11-12-13-14-15-16-18(19)17-22-23(2,20)21/h3-17H2,1-2H3. The van der Waals surface area contributed by atoms with Crippen molar-refractivity contribution in [1.82, 2.24) is 0 Å². The summed E-state index contributed by atoms with van der Waals surface area (Å²) in [6.45, 7) is 2.25. The highest BCUT2D eigenvalue weighted by atomic mass is 33.1. The maximum atomic E-state index is 11.5. The first-order valence-electron chi connectivity index (χ1n) is 9.32. The van der Waals surface area contributed by atoms with Crippen molar-refractivity contribution in [3.05, 3.63) is 0 Å². The molecule has 0 fully saturated rings. The second-order valence-corrected chi connectivity index (χ2v) is 11.0. The molecule has 138 valence electrons. The minimum absolute atomic E-state index is 0.0588. The Labute approximate surface area is 147 Å². The van der Waals surface area contributed by atoms with Crippen LogP contribution < -0.4 is 0 Å². The lowest BCUT2D eigenvalue weighted by Gasteiger charge is -2.03. The van der Waals surface area contributed by atoms with Gasteiger partial charge in [-0.05, 0) is 17.2 Å². The Morgan fingerprint density at radius 2 is 1.13 bits per heavy atom. The molecule has 0 aromatic rings. The predicted octanol–water partition coefficient (Wildman–Crippen LogP) is 5.73. The topological polar surface area (TPSA) is 51.2 Å². The van der Waals surface area contributed by atoms with Gasteiger partial charge in [0.1, 0.15) is 5.78 Å². The summed E-state index contributed by atoms with van der Waals surface area (Å²) in [5.74, 6) is 0.167. The van der Waals surface area contributed by atoms with Crippen LogP contribution in [0.4, 0.5) is 0 Å². The van der Waals surface area contributed by atoms with E-state index in [0.717, 1.165) is 29.9 Å². The van der Waals surface area contributed by atoms with E-state index in [4.69, 9.17) is 0 Å². The molecule has 0 saturated heterocycles. The summed E-state index contributed by atoms with van der Waals surface area (Å²) in [6, 6.07) is 0. The van der Waals surface area contributed by atoms with E-state index < -0.39 is 8.87 Å². The lowest BCUT2D eigenvalue weighted by Crippen LogP contribution is -2.03. The van der Waals surface area contributed by atoms with Crippen molar-refractivity contribution in [2.75, 3.05) is 12.0 Å². The quantitative estimate of drug-likeness (QED) is 0.244. The van der Waals surface area contributed by atoms with Gasteiger partial charge in [0, 0.05) is 12.7 Å². The van der Waals surface area contributed by atoms with Gasteiger partial charge in [-0.15, -0.1) is 0 Å². The summed E-state index contributed by atoms with van der Waals surface area (Å²) in [5, 5.41) is 0. The molecule has 0 heterocycles. The van der Waals surface area contributed by atoms with Gasteiger partial charge >= 0.3 is 0 Å². The van der Waals surface area contributed by atoms with Gasteiger partial charge in [0.05, 0.1) is 5.75 Å². The lowest BCUT2D eigenvalue weighted by atomic mass is 10.0. The summed E-state index contributed by atoms with van der Waals surface area (Å²) in [5.41, 5.74) is 0. The minimum atomic E-state index is -3.08. The van der Waals surface area contributed by atoms with Crippen LogP contribution in [0.3, 0.4) is 0 Å². The largest absolute Gasteiger partial charge is 0.299 e. The van der Waals surface area contributed by atoms with E-state index in [0.29, 0.717) is 6.42 Å². The highest BCUT2D eigenvalue weighted by molar-refractivity contribution is 8.72. The molecule has 0 aromatic heterocycles. The zero-order valence-electron chi connectivity index (χ0n) is 15.1. The maximum Gasteiger partial charge on any atom is 0.199 e. The Morgan fingerprint density at radius 3 is 1.52 bits per heavy atom. The van der Waals surface area contributed by atoms with Crippen molar-refractivity contribution in [1.29, 1.82) is 0 Å². The molecule has 0 rings (SSSR count).